The van der Waals surface area contributed by atoms with Crippen LogP contribution in [0.5, 0.6) is 0 Å². The molecule has 0 aliphatic heterocycles. The highest BCUT2D eigenvalue weighted by Gasteiger charge is 2.22. The van der Waals surface area contributed by atoms with Gasteiger partial charge in [0, 0.05) is 5.02 Å². The average Bonchev–Trinajstić information content (AvgIpc) is 2.64. The molecule has 3 rings (SSSR count). The van der Waals surface area contributed by atoms with Gasteiger partial charge in [-0.3, -0.25) is 10.0 Å². The van der Waals surface area contributed by atoms with Gasteiger partial charge in [0.05, 0.1) is 5.92 Å². The predicted molar refractivity (Wildman–Crippen MR) is 95.1 cm³/mol. The fourth-order valence-electron chi connectivity index (χ4n) is 2.72. The lowest BCUT2D eigenvalue weighted by atomic mass is 9.89. The van der Waals surface area contributed by atoms with Crippen LogP contribution < -0.4 is 5.48 Å². The van der Waals surface area contributed by atoms with Gasteiger partial charge in [-0.25, -0.2) is 5.48 Å². The van der Waals surface area contributed by atoms with Crippen molar-refractivity contribution in [1.82, 2.24) is 5.48 Å². The second-order valence-electron chi connectivity index (χ2n) is 5.45. The van der Waals surface area contributed by atoms with Gasteiger partial charge in [-0.05, 0) is 34.4 Å². The molecular formula is C20H16ClNO2. The molecule has 0 saturated heterocycles. The first-order valence-corrected chi connectivity index (χ1v) is 7.91. The van der Waals surface area contributed by atoms with Gasteiger partial charge in [-0.2, -0.15) is 0 Å². The van der Waals surface area contributed by atoms with Crippen LogP contribution in [-0.4, -0.2) is 11.1 Å². The van der Waals surface area contributed by atoms with E-state index in [0.717, 1.165) is 22.3 Å². The van der Waals surface area contributed by atoms with Crippen molar-refractivity contribution in [3.8, 4) is 11.1 Å². The third kappa shape index (κ3) is 3.48. The molecule has 0 spiro atoms. The Morgan fingerprint density at radius 2 is 1.29 bits per heavy atom. The number of carbonyl (C=O) groups is 1. The molecule has 1 unspecified atom stereocenters. The topological polar surface area (TPSA) is 49.3 Å². The van der Waals surface area contributed by atoms with E-state index in [1.165, 1.54) is 0 Å². The molecule has 0 aliphatic carbocycles. The number of halogens is 1. The molecular weight excluding hydrogens is 322 g/mol. The molecule has 4 heteroatoms. The van der Waals surface area contributed by atoms with Crippen LogP contribution in [0.1, 0.15) is 17.0 Å². The molecule has 0 aromatic heterocycles. The maximum absolute atomic E-state index is 12.1. The summed E-state index contributed by atoms with van der Waals surface area (Å²) in [6, 6.07) is 24.7. The lowest BCUT2D eigenvalue weighted by Crippen LogP contribution is -2.27. The summed E-state index contributed by atoms with van der Waals surface area (Å²) in [4.78, 5) is 12.1. The molecule has 1 amide bonds. The van der Waals surface area contributed by atoms with Crippen molar-refractivity contribution in [2.24, 2.45) is 0 Å². The Labute approximate surface area is 145 Å². The van der Waals surface area contributed by atoms with Crippen molar-refractivity contribution < 1.29 is 10.0 Å². The monoisotopic (exact) mass is 337 g/mol. The molecule has 3 aromatic carbocycles. The van der Waals surface area contributed by atoms with E-state index in [1.807, 2.05) is 78.9 Å². The maximum Gasteiger partial charge on any atom is 0.255 e. The minimum absolute atomic E-state index is 0.458. The number of carbonyl (C=O) groups excluding carboxylic acids is 1. The molecule has 24 heavy (non-hydrogen) atoms. The van der Waals surface area contributed by atoms with Crippen molar-refractivity contribution in [1.29, 1.82) is 0 Å². The summed E-state index contributed by atoms with van der Waals surface area (Å²) in [5.41, 5.74) is 5.48. The Bertz CT molecular complexity index is 815. The van der Waals surface area contributed by atoms with E-state index >= 15 is 0 Å². The third-order valence-corrected chi connectivity index (χ3v) is 4.18. The van der Waals surface area contributed by atoms with Crippen LogP contribution in [0.2, 0.25) is 5.02 Å². The summed E-state index contributed by atoms with van der Waals surface area (Å²) in [5.74, 6) is -1.02. The summed E-state index contributed by atoms with van der Waals surface area (Å²) in [5, 5.41) is 9.77. The lowest BCUT2D eigenvalue weighted by molar-refractivity contribution is -0.129. The first-order valence-electron chi connectivity index (χ1n) is 7.54. The summed E-state index contributed by atoms with van der Waals surface area (Å²) in [7, 11) is 0. The highest BCUT2D eigenvalue weighted by molar-refractivity contribution is 6.30. The van der Waals surface area contributed by atoms with Crippen molar-refractivity contribution in [2.75, 3.05) is 0 Å². The predicted octanol–water partition coefficient (Wildman–Crippen LogP) is 4.64. The zero-order chi connectivity index (χ0) is 16.9. The zero-order valence-corrected chi connectivity index (χ0v) is 13.6. The van der Waals surface area contributed by atoms with E-state index in [0.29, 0.717) is 5.02 Å². The Morgan fingerprint density at radius 1 is 0.792 bits per heavy atom. The van der Waals surface area contributed by atoms with E-state index in [9.17, 15) is 4.79 Å². The first-order chi connectivity index (χ1) is 11.7. The highest BCUT2D eigenvalue weighted by Crippen LogP contribution is 2.28. The van der Waals surface area contributed by atoms with Crippen LogP contribution in [0.3, 0.4) is 0 Å². The van der Waals surface area contributed by atoms with Crippen LogP contribution in [0.25, 0.3) is 11.1 Å². The van der Waals surface area contributed by atoms with Crippen LogP contribution >= 0.6 is 11.6 Å². The molecule has 3 aromatic rings. The minimum Gasteiger partial charge on any atom is -0.289 e. The Hall–Kier alpha value is -2.62. The summed E-state index contributed by atoms with van der Waals surface area (Å²) in [6.07, 6.45) is 0. The van der Waals surface area contributed by atoms with Crippen LogP contribution in [0, 0.1) is 0 Å². The number of rotatable bonds is 4. The molecule has 0 radical (unpaired) electrons. The average molecular weight is 338 g/mol. The lowest BCUT2D eigenvalue weighted by Gasteiger charge is -2.16. The van der Waals surface area contributed by atoms with Gasteiger partial charge < -0.3 is 0 Å². The molecule has 0 bridgehead atoms. The number of nitrogens with one attached hydrogen (secondary N) is 1. The van der Waals surface area contributed by atoms with Gasteiger partial charge in [0.2, 0.25) is 0 Å². The Kier molecular flexibility index (Phi) is 4.94. The quantitative estimate of drug-likeness (QED) is 0.538. The molecule has 120 valence electrons. The van der Waals surface area contributed by atoms with Crippen LogP contribution in [0.4, 0.5) is 0 Å². The molecule has 3 nitrogen and oxygen atoms in total. The smallest absolute Gasteiger partial charge is 0.255 e. The number of hydrogen-bond donors (Lipinski definition) is 2. The standard InChI is InChI=1S/C20H16ClNO2/c21-18-12-10-15(11-13-18)14-6-8-17(9-7-14)19(20(23)22-24)16-4-2-1-3-5-16/h1-13,19,24H,(H,22,23). The molecule has 0 heterocycles. The van der Waals surface area contributed by atoms with Gasteiger partial charge in [0.25, 0.3) is 5.91 Å². The van der Waals surface area contributed by atoms with Crippen LogP contribution in [-0.2, 0) is 4.79 Å². The van der Waals surface area contributed by atoms with E-state index in [2.05, 4.69) is 0 Å². The molecule has 0 saturated carbocycles. The van der Waals surface area contributed by atoms with E-state index in [-0.39, 0.29) is 0 Å². The summed E-state index contributed by atoms with van der Waals surface area (Å²) in [6.45, 7) is 0. The fourth-order valence-corrected chi connectivity index (χ4v) is 2.84. The first kappa shape index (κ1) is 16.2. The molecule has 0 aliphatic rings. The Balaban J connectivity index is 1.95. The number of amides is 1. The van der Waals surface area contributed by atoms with Gasteiger partial charge in [-0.15, -0.1) is 0 Å². The van der Waals surface area contributed by atoms with E-state index in [1.54, 1.807) is 5.48 Å². The molecule has 2 N–H and O–H groups in total. The van der Waals surface area contributed by atoms with Gasteiger partial charge in [-0.1, -0.05) is 78.3 Å². The number of hydroxylamine groups is 1. The van der Waals surface area contributed by atoms with Crippen molar-refractivity contribution in [2.45, 2.75) is 5.92 Å². The fraction of sp³-hybridized carbons (Fsp3) is 0.0500. The van der Waals surface area contributed by atoms with Gasteiger partial charge in [0.1, 0.15) is 0 Å². The molecule has 1 atom stereocenters. The van der Waals surface area contributed by atoms with Gasteiger partial charge in [0.15, 0.2) is 0 Å². The van der Waals surface area contributed by atoms with Crippen LogP contribution in [0.15, 0.2) is 78.9 Å². The SMILES string of the molecule is O=C(NO)C(c1ccccc1)c1ccc(-c2ccc(Cl)cc2)cc1. The number of benzene rings is 3. The summed E-state index contributed by atoms with van der Waals surface area (Å²) >= 11 is 5.92. The largest absolute Gasteiger partial charge is 0.289 e. The van der Waals surface area contributed by atoms with Crippen molar-refractivity contribution in [3.05, 3.63) is 95.0 Å². The minimum atomic E-state index is -0.560. The van der Waals surface area contributed by atoms with Crippen molar-refractivity contribution >= 4 is 17.5 Å². The van der Waals surface area contributed by atoms with E-state index < -0.39 is 11.8 Å². The Morgan fingerprint density at radius 3 is 1.83 bits per heavy atom. The second kappa shape index (κ2) is 7.30. The van der Waals surface area contributed by atoms with E-state index in [4.69, 9.17) is 16.8 Å². The third-order valence-electron chi connectivity index (χ3n) is 3.93. The highest BCUT2D eigenvalue weighted by atomic mass is 35.5. The normalized spacial score (nSPS) is 11.8. The van der Waals surface area contributed by atoms with Crippen molar-refractivity contribution in [3.63, 3.8) is 0 Å². The molecule has 0 fully saturated rings. The maximum atomic E-state index is 12.1. The second-order valence-corrected chi connectivity index (χ2v) is 5.89. The number of hydrogen-bond acceptors (Lipinski definition) is 2. The van der Waals surface area contributed by atoms with Gasteiger partial charge >= 0.3 is 0 Å². The zero-order valence-electron chi connectivity index (χ0n) is 12.8. The summed E-state index contributed by atoms with van der Waals surface area (Å²) < 4.78 is 0.